The Morgan fingerprint density at radius 3 is 2.67 bits per heavy atom. The highest BCUT2D eigenvalue weighted by Crippen LogP contribution is 2.17. The van der Waals surface area contributed by atoms with Crippen molar-refractivity contribution in [3.63, 3.8) is 0 Å². The molecule has 7 nitrogen and oxygen atoms in total. The van der Waals surface area contributed by atoms with E-state index in [1.165, 1.54) is 6.33 Å². The van der Waals surface area contributed by atoms with E-state index >= 15 is 0 Å². The van der Waals surface area contributed by atoms with Crippen molar-refractivity contribution in [3.05, 3.63) is 73.2 Å². The minimum atomic E-state index is -0.266. The zero-order valence-corrected chi connectivity index (χ0v) is 12.5. The maximum Gasteiger partial charge on any atom is 0.301 e. The first-order chi connectivity index (χ1) is 11.8. The minimum absolute atomic E-state index is 0.266. The maximum atomic E-state index is 12.6. The number of carbonyl (C=O) groups excluding carboxylic acids is 1. The summed E-state index contributed by atoms with van der Waals surface area (Å²) in [6.45, 7) is 0. The predicted molar refractivity (Wildman–Crippen MR) is 87.2 cm³/mol. The van der Waals surface area contributed by atoms with Crippen molar-refractivity contribution in [2.45, 2.75) is 0 Å². The van der Waals surface area contributed by atoms with Crippen LogP contribution >= 0.6 is 0 Å². The normalized spacial score (nSPS) is 10.7. The van der Waals surface area contributed by atoms with Gasteiger partial charge in [-0.15, -0.1) is 0 Å². The molecule has 116 valence electrons. The van der Waals surface area contributed by atoms with E-state index in [9.17, 15) is 4.79 Å². The van der Waals surface area contributed by atoms with E-state index in [-0.39, 0.29) is 5.91 Å². The molecule has 2 N–H and O–H groups in total. The van der Waals surface area contributed by atoms with Crippen molar-refractivity contribution in [3.8, 4) is 11.4 Å². The number of anilines is 1. The van der Waals surface area contributed by atoms with Gasteiger partial charge in [0.2, 0.25) is 5.69 Å². The molecular weight excluding hydrogens is 304 g/mol. The lowest BCUT2D eigenvalue weighted by Gasteiger charge is -1.99. The Hall–Kier alpha value is -3.61. The summed E-state index contributed by atoms with van der Waals surface area (Å²) in [4.78, 5) is 27.7. The molecule has 0 aliphatic rings. The number of carbonyl (C=O) groups is 1. The molecule has 4 rings (SSSR count). The number of nitrogens with zero attached hydrogens (tertiary/aromatic N) is 4. The lowest BCUT2D eigenvalue weighted by molar-refractivity contribution is -0.498. The van der Waals surface area contributed by atoms with Crippen LogP contribution in [-0.2, 0) is 0 Å². The fraction of sp³-hybridized carbons (Fsp3) is 0. The summed E-state index contributed by atoms with van der Waals surface area (Å²) in [5, 5.41) is 2.77. The van der Waals surface area contributed by atoms with Gasteiger partial charge in [-0.05, 0) is 30.3 Å². The fourth-order valence-electron chi connectivity index (χ4n) is 2.52. The van der Waals surface area contributed by atoms with Crippen LogP contribution < -0.4 is 9.72 Å². The van der Waals surface area contributed by atoms with Crippen LogP contribution in [0.5, 0.6) is 0 Å². The topological polar surface area (TPSA) is 87.7 Å². The standard InChI is InChI=1S/C17H12N6O/c24-17(21-14-6-9-19-11-20-14)15-13-3-1-2-10-23(13)16(22-15)12-4-7-18-8-5-12/h1-11H,(H,19,20,21,24)/p+1. The molecule has 4 aromatic rings. The zero-order chi connectivity index (χ0) is 16.4. The molecule has 0 aliphatic heterocycles. The summed E-state index contributed by atoms with van der Waals surface area (Å²) in [6, 6.07) is 11.1. The quantitative estimate of drug-likeness (QED) is 0.565. The van der Waals surface area contributed by atoms with Crippen LogP contribution in [-0.4, -0.2) is 25.8 Å². The molecule has 0 aliphatic carbocycles. The molecule has 7 heteroatoms. The first-order valence-electron chi connectivity index (χ1n) is 7.33. The second kappa shape index (κ2) is 5.88. The molecule has 0 bridgehead atoms. The Morgan fingerprint density at radius 1 is 1.04 bits per heavy atom. The number of aromatic amines is 1. The Bertz CT molecular complexity index is 997. The number of pyridine rings is 2. The van der Waals surface area contributed by atoms with Crippen molar-refractivity contribution in [2.24, 2.45) is 0 Å². The molecule has 0 fully saturated rings. The molecule has 0 unspecified atom stereocenters. The summed E-state index contributed by atoms with van der Waals surface area (Å²) in [7, 11) is 0. The summed E-state index contributed by atoms with van der Waals surface area (Å²) < 4.78 is 1.93. The SMILES string of the molecule is O=C(Nc1ccncn1)c1[nH]c(-c2ccncc2)[n+]2ccccc12. The predicted octanol–water partition coefficient (Wildman–Crippen LogP) is 1.86. The van der Waals surface area contributed by atoms with E-state index in [2.05, 4.69) is 25.3 Å². The monoisotopic (exact) mass is 317 g/mol. The summed E-state index contributed by atoms with van der Waals surface area (Å²) in [5.41, 5.74) is 2.17. The van der Waals surface area contributed by atoms with Gasteiger partial charge >= 0.3 is 5.91 Å². The third-order valence-corrected chi connectivity index (χ3v) is 3.60. The van der Waals surface area contributed by atoms with E-state index in [1.807, 2.05) is 40.9 Å². The third kappa shape index (κ3) is 2.48. The molecular formula is C17H13N6O+. The largest absolute Gasteiger partial charge is 0.303 e. The summed E-state index contributed by atoms with van der Waals surface area (Å²) in [5.74, 6) is 0.989. The number of rotatable bonds is 3. The first-order valence-corrected chi connectivity index (χ1v) is 7.33. The number of hydrogen-bond donors (Lipinski definition) is 2. The zero-order valence-electron chi connectivity index (χ0n) is 12.5. The first kappa shape index (κ1) is 14.0. The highest BCUT2D eigenvalue weighted by atomic mass is 16.2. The van der Waals surface area contributed by atoms with Gasteiger partial charge in [0.05, 0.1) is 11.8 Å². The highest BCUT2D eigenvalue weighted by molar-refractivity contribution is 6.06. The average Bonchev–Trinajstić information content (AvgIpc) is 3.03. The van der Waals surface area contributed by atoms with Gasteiger partial charge in [-0.1, -0.05) is 6.07 Å². The average molecular weight is 317 g/mol. The molecule has 0 saturated carbocycles. The van der Waals surface area contributed by atoms with Gasteiger partial charge in [0, 0.05) is 18.6 Å². The number of amides is 1. The second-order valence-electron chi connectivity index (χ2n) is 5.09. The Morgan fingerprint density at radius 2 is 1.88 bits per heavy atom. The van der Waals surface area contributed by atoms with Crippen LogP contribution in [0.3, 0.4) is 0 Å². The Balaban J connectivity index is 1.80. The van der Waals surface area contributed by atoms with E-state index in [0.717, 1.165) is 16.9 Å². The number of aromatic nitrogens is 5. The van der Waals surface area contributed by atoms with Crippen molar-refractivity contribution >= 4 is 17.2 Å². The molecule has 1 amide bonds. The van der Waals surface area contributed by atoms with E-state index in [1.54, 1.807) is 24.7 Å². The van der Waals surface area contributed by atoms with Crippen molar-refractivity contribution in [1.82, 2.24) is 19.9 Å². The van der Waals surface area contributed by atoms with Crippen molar-refractivity contribution < 1.29 is 9.20 Å². The highest BCUT2D eigenvalue weighted by Gasteiger charge is 2.24. The number of H-pyrrole nitrogens is 1. The van der Waals surface area contributed by atoms with Crippen molar-refractivity contribution in [1.29, 1.82) is 0 Å². The number of hydrogen-bond acceptors (Lipinski definition) is 4. The van der Waals surface area contributed by atoms with Gasteiger partial charge in [0.25, 0.3) is 5.82 Å². The van der Waals surface area contributed by atoms with Crippen LogP contribution in [0.1, 0.15) is 10.5 Å². The summed E-state index contributed by atoms with van der Waals surface area (Å²) >= 11 is 0. The lowest BCUT2D eigenvalue weighted by Crippen LogP contribution is -2.22. The van der Waals surface area contributed by atoms with E-state index in [4.69, 9.17) is 0 Å². The molecule has 4 heterocycles. The van der Waals surface area contributed by atoms with Crippen LogP contribution in [0.2, 0.25) is 0 Å². The van der Waals surface area contributed by atoms with Crippen LogP contribution in [0.4, 0.5) is 5.82 Å². The van der Waals surface area contributed by atoms with Crippen LogP contribution in [0.25, 0.3) is 16.9 Å². The maximum absolute atomic E-state index is 12.6. The van der Waals surface area contributed by atoms with Crippen LogP contribution in [0, 0.1) is 0 Å². The molecule has 0 spiro atoms. The van der Waals surface area contributed by atoms with Gasteiger partial charge in [-0.2, -0.15) is 4.40 Å². The number of imidazole rings is 1. The van der Waals surface area contributed by atoms with Crippen LogP contribution in [0.15, 0.2) is 67.5 Å². The van der Waals surface area contributed by atoms with E-state index < -0.39 is 0 Å². The van der Waals surface area contributed by atoms with Gasteiger partial charge in [0.15, 0.2) is 5.52 Å². The summed E-state index contributed by atoms with van der Waals surface area (Å²) in [6.07, 6.45) is 8.30. The Kier molecular flexibility index (Phi) is 3.43. The second-order valence-corrected chi connectivity index (χ2v) is 5.09. The van der Waals surface area contributed by atoms with Gasteiger partial charge < -0.3 is 5.32 Å². The van der Waals surface area contributed by atoms with E-state index in [0.29, 0.717) is 11.5 Å². The van der Waals surface area contributed by atoms with Gasteiger partial charge in [-0.3, -0.25) is 9.78 Å². The Labute approximate surface area is 137 Å². The third-order valence-electron chi connectivity index (χ3n) is 3.60. The minimum Gasteiger partial charge on any atom is -0.303 e. The van der Waals surface area contributed by atoms with Gasteiger partial charge in [-0.25, -0.2) is 15.0 Å². The van der Waals surface area contributed by atoms with Crippen molar-refractivity contribution in [2.75, 3.05) is 5.32 Å². The molecule has 24 heavy (non-hydrogen) atoms. The molecule has 0 aromatic carbocycles. The number of fused-ring (bicyclic) bond motifs is 1. The molecule has 4 aromatic heterocycles. The smallest absolute Gasteiger partial charge is 0.301 e. The molecule has 0 atom stereocenters. The van der Waals surface area contributed by atoms with Gasteiger partial charge in [0.1, 0.15) is 12.1 Å². The fourth-order valence-corrected chi connectivity index (χ4v) is 2.52. The lowest BCUT2D eigenvalue weighted by atomic mass is 10.2. The molecule has 0 saturated heterocycles. The molecule has 0 radical (unpaired) electrons. The number of nitrogens with one attached hydrogen (secondary N) is 2.